The van der Waals surface area contributed by atoms with Gasteiger partial charge in [-0.1, -0.05) is 30.3 Å². The zero-order valence-electron chi connectivity index (χ0n) is 16.8. The topological polar surface area (TPSA) is 74.8 Å². The molecular weight excluding hydrogens is 388 g/mol. The Labute approximate surface area is 174 Å². The van der Waals surface area contributed by atoms with Gasteiger partial charge in [-0.25, -0.2) is 9.78 Å². The Kier molecular flexibility index (Phi) is 5.56. The third kappa shape index (κ3) is 4.13. The summed E-state index contributed by atoms with van der Waals surface area (Å²) in [5.41, 5.74) is 1.06. The monoisotopic (exact) mass is 414 g/mol. The highest BCUT2D eigenvalue weighted by molar-refractivity contribution is 7.15. The summed E-state index contributed by atoms with van der Waals surface area (Å²) in [5.74, 6) is -0.203. The number of ether oxygens (including phenoxy) is 1. The van der Waals surface area contributed by atoms with Gasteiger partial charge in [0.05, 0.1) is 5.69 Å². The lowest BCUT2D eigenvalue weighted by Crippen LogP contribution is -2.53. The molecule has 7 nitrogen and oxygen atoms in total. The van der Waals surface area contributed by atoms with Crippen molar-refractivity contribution in [2.24, 2.45) is 0 Å². The van der Waals surface area contributed by atoms with Crippen LogP contribution < -0.4 is 5.32 Å². The summed E-state index contributed by atoms with van der Waals surface area (Å²) in [6.07, 6.45) is 1.81. The fourth-order valence-corrected chi connectivity index (χ4v) is 4.98. The van der Waals surface area contributed by atoms with E-state index in [1.165, 1.54) is 16.2 Å². The zero-order chi connectivity index (χ0) is 20.4. The van der Waals surface area contributed by atoms with E-state index in [0.717, 1.165) is 37.2 Å². The molecule has 2 aliphatic heterocycles. The molecule has 2 aliphatic rings. The van der Waals surface area contributed by atoms with E-state index in [-0.39, 0.29) is 12.5 Å². The molecule has 0 aliphatic carbocycles. The smallest absolute Gasteiger partial charge is 0.410 e. The minimum atomic E-state index is -0.934. The molecule has 29 heavy (non-hydrogen) atoms. The number of nitrogens with zero attached hydrogens (tertiary/aromatic N) is 3. The molecule has 0 saturated carbocycles. The molecule has 1 aromatic heterocycles. The molecule has 154 valence electrons. The van der Waals surface area contributed by atoms with Gasteiger partial charge < -0.3 is 9.64 Å². The van der Waals surface area contributed by atoms with E-state index in [1.54, 1.807) is 11.8 Å². The number of fused-ring (bicyclic) bond motifs is 1. The zero-order valence-corrected chi connectivity index (χ0v) is 17.6. The minimum Gasteiger partial charge on any atom is -0.445 e. The Balaban J connectivity index is 1.42. The average molecular weight is 415 g/mol. The van der Waals surface area contributed by atoms with E-state index in [1.807, 2.05) is 30.3 Å². The molecule has 2 aromatic rings. The summed E-state index contributed by atoms with van der Waals surface area (Å²) in [7, 11) is 2.08. The number of hydrogen-bond donors (Lipinski definition) is 1. The van der Waals surface area contributed by atoms with Crippen molar-refractivity contribution in [1.82, 2.24) is 14.8 Å². The highest BCUT2D eigenvalue weighted by atomic mass is 32.1. The van der Waals surface area contributed by atoms with Gasteiger partial charge in [0.25, 0.3) is 5.91 Å². The van der Waals surface area contributed by atoms with Crippen LogP contribution >= 0.6 is 11.3 Å². The third-order valence-corrected chi connectivity index (χ3v) is 6.70. The number of nitrogens with one attached hydrogen (secondary N) is 1. The van der Waals surface area contributed by atoms with Crippen LogP contribution in [0.15, 0.2) is 30.3 Å². The summed E-state index contributed by atoms with van der Waals surface area (Å²) >= 11 is 1.52. The molecule has 1 atom stereocenters. The summed E-state index contributed by atoms with van der Waals surface area (Å²) in [5, 5.41) is 3.57. The van der Waals surface area contributed by atoms with Crippen molar-refractivity contribution in [3.05, 3.63) is 46.5 Å². The second-order valence-electron chi connectivity index (χ2n) is 7.90. The minimum absolute atomic E-state index is 0.195. The van der Waals surface area contributed by atoms with E-state index in [0.29, 0.717) is 18.1 Å². The molecule has 0 radical (unpaired) electrons. The van der Waals surface area contributed by atoms with Gasteiger partial charge in [-0.15, -0.1) is 11.3 Å². The molecule has 4 rings (SSSR count). The Morgan fingerprint density at radius 3 is 2.86 bits per heavy atom. The second kappa shape index (κ2) is 8.12. The quantitative estimate of drug-likeness (QED) is 0.831. The van der Waals surface area contributed by atoms with E-state index < -0.39 is 11.6 Å². The van der Waals surface area contributed by atoms with Gasteiger partial charge in [0.15, 0.2) is 5.13 Å². The van der Waals surface area contributed by atoms with Crippen LogP contribution in [-0.4, -0.2) is 52.5 Å². The lowest BCUT2D eigenvalue weighted by Gasteiger charge is -2.32. The van der Waals surface area contributed by atoms with Crippen LogP contribution in [0.3, 0.4) is 0 Å². The fraction of sp³-hybridized carbons (Fsp3) is 0.476. The second-order valence-corrected chi connectivity index (χ2v) is 8.98. The summed E-state index contributed by atoms with van der Waals surface area (Å²) in [6, 6.07) is 9.54. The van der Waals surface area contributed by atoms with Gasteiger partial charge in [-0.2, -0.15) is 0 Å². The van der Waals surface area contributed by atoms with Gasteiger partial charge in [-0.05, 0) is 32.4 Å². The lowest BCUT2D eigenvalue weighted by atomic mass is 9.98. The molecule has 1 N–H and O–H groups in total. The van der Waals surface area contributed by atoms with E-state index in [9.17, 15) is 9.59 Å². The molecule has 0 bridgehead atoms. The van der Waals surface area contributed by atoms with Gasteiger partial charge in [0.1, 0.15) is 12.1 Å². The Bertz CT molecular complexity index is 901. The van der Waals surface area contributed by atoms with E-state index in [4.69, 9.17) is 4.74 Å². The highest BCUT2D eigenvalue weighted by Gasteiger charge is 2.47. The number of hydrogen-bond acceptors (Lipinski definition) is 6. The van der Waals surface area contributed by atoms with Crippen molar-refractivity contribution in [3.63, 3.8) is 0 Å². The number of carbonyl (C=O) groups excluding carboxylic acids is 2. The van der Waals surface area contributed by atoms with Crippen molar-refractivity contribution < 1.29 is 14.3 Å². The molecule has 1 fully saturated rings. The average Bonchev–Trinajstić information content (AvgIpc) is 3.30. The number of rotatable bonds is 4. The first-order valence-corrected chi connectivity index (χ1v) is 10.7. The number of anilines is 1. The fourth-order valence-electron chi connectivity index (χ4n) is 3.90. The number of aromatic nitrogens is 1. The van der Waals surface area contributed by atoms with Gasteiger partial charge in [0, 0.05) is 30.9 Å². The molecule has 0 spiro atoms. The lowest BCUT2D eigenvalue weighted by molar-refractivity contribution is -0.125. The normalized spacial score (nSPS) is 21.7. The first-order chi connectivity index (χ1) is 14.0. The predicted molar refractivity (Wildman–Crippen MR) is 112 cm³/mol. The first kappa shape index (κ1) is 19.8. The van der Waals surface area contributed by atoms with Crippen LogP contribution in [-0.2, 0) is 29.1 Å². The summed E-state index contributed by atoms with van der Waals surface area (Å²) < 4.78 is 5.47. The Morgan fingerprint density at radius 2 is 2.07 bits per heavy atom. The summed E-state index contributed by atoms with van der Waals surface area (Å²) in [4.78, 5) is 35.4. The number of likely N-dealkylation sites (tertiary alicyclic amines) is 1. The highest BCUT2D eigenvalue weighted by Crippen LogP contribution is 2.33. The molecule has 1 saturated heterocycles. The number of amides is 2. The van der Waals surface area contributed by atoms with E-state index in [2.05, 4.69) is 22.2 Å². The van der Waals surface area contributed by atoms with Crippen LogP contribution in [0.4, 0.5) is 9.93 Å². The third-order valence-electron chi connectivity index (χ3n) is 5.70. The van der Waals surface area contributed by atoms with E-state index >= 15 is 0 Å². The van der Waals surface area contributed by atoms with Crippen molar-refractivity contribution in [1.29, 1.82) is 0 Å². The molecule has 1 unspecified atom stereocenters. The van der Waals surface area contributed by atoms with Gasteiger partial charge >= 0.3 is 6.09 Å². The van der Waals surface area contributed by atoms with Crippen LogP contribution in [0, 0.1) is 0 Å². The van der Waals surface area contributed by atoms with Gasteiger partial charge in [0.2, 0.25) is 0 Å². The molecule has 8 heteroatoms. The molecule has 1 aromatic carbocycles. The predicted octanol–water partition coefficient (Wildman–Crippen LogP) is 3.26. The largest absolute Gasteiger partial charge is 0.445 e. The Hall–Kier alpha value is -2.45. The molecule has 2 amide bonds. The SMILES string of the molecule is CN1CCc2nc(NC(=O)C3(C)CCCN3C(=O)OCc3ccccc3)sc2C1. The van der Waals surface area contributed by atoms with Crippen molar-refractivity contribution in [3.8, 4) is 0 Å². The number of thiazole rings is 1. The number of likely N-dealkylation sites (N-methyl/N-ethyl adjacent to an activating group) is 1. The van der Waals surface area contributed by atoms with Crippen LogP contribution in [0.1, 0.15) is 35.9 Å². The van der Waals surface area contributed by atoms with Crippen molar-refractivity contribution >= 4 is 28.5 Å². The standard InChI is InChI=1S/C21H26N4O3S/c1-21(18(26)23-19-22-16-9-12-24(2)13-17(16)29-19)10-6-11-25(21)20(27)28-14-15-7-4-3-5-8-15/h3-5,7-8H,6,9-14H2,1-2H3,(H,22,23,26). The number of benzene rings is 1. The molecule has 3 heterocycles. The van der Waals surface area contributed by atoms with Crippen molar-refractivity contribution in [2.45, 2.75) is 44.9 Å². The molecular formula is C21H26N4O3S. The van der Waals surface area contributed by atoms with Crippen LogP contribution in [0.25, 0.3) is 0 Å². The van der Waals surface area contributed by atoms with Crippen LogP contribution in [0.5, 0.6) is 0 Å². The first-order valence-electron chi connectivity index (χ1n) is 9.92. The van der Waals surface area contributed by atoms with Crippen LogP contribution in [0.2, 0.25) is 0 Å². The maximum atomic E-state index is 13.1. The Morgan fingerprint density at radius 1 is 1.28 bits per heavy atom. The maximum Gasteiger partial charge on any atom is 0.410 e. The maximum absolute atomic E-state index is 13.1. The number of carbonyl (C=O) groups is 2. The summed E-state index contributed by atoms with van der Waals surface area (Å²) in [6.45, 7) is 4.35. The van der Waals surface area contributed by atoms with Gasteiger partial charge in [-0.3, -0.25) is 15.0 Å². The van der Waals surface area contributed by atoms with Crippen molar-refractivity contribution in [2.75, 3.05) is 25.5 Å².